The number of hydrogen-bond acceptors (Lipinski definition) is 12. The van der Waals surface area contributed by atoms with E-state index in [0.29, 0.717) is 48.3 Å². The summed E-state index contributed by atoms with van der Waals surface area (Å²) in [4.78, 5) is 120. The highest BCUT2D eigenvalue weighted by Gasteiger charge is 2.56. The van der Waals surface area contributed by atoms with Gasteiger partial charge in [0.2, 0.25) is 47.3 Å². The zero-order valence-corrected chi connectivity index (χ0v) is 44.8. The van der Waals surface area contributed by atoms with Crippen molar-refractivity contribution < 1.29 is 38.4 Å². The molecule has 0 spiro atoms. The van der Waals surface area contributed by atoms with Crippen molar-refractivity contribution in [3.63, 3.8) is 0 Å². The Morgan fingerprint density at radius 1 is 0.681 bits per heavy atom. The average Bonchev–Trinajstić information content (AvgIpc) is 3.68. The number of rotatable bonds is 15. The summed E-state index contributed by atoms with van der Waals surface area (Å²) in [6.07, 6.45) is 1.99. The van der Waals surface area contributed by atoms with E-state index in [1.165, 1.54) is 0 Å². The molecule has 7 rings (SSSR count). The first-order valence-electron chi connectivity index (χ1n) is 25.2. The monoisotopic (exact) mass is 1030 g/mol. The first kappa shape index (κ1) is 54.6. The molecule has 0 aliphatic carbocycles. The molecule has 18 nitrogen and oxygen atoms in total. The van der Waals surface area contributed by atoms with Crippen LogP contribution in [0.25, 0.3) is 0 Å². The van der Waals surface area contributed by atoms with Gasteiger partial charge in [0, 0.05) is 32.7 Å². The molecule has 20 heteroatoms. The number of nitrogens with one attached hydrogen (secondary N) is 6. The van der Waals surface area contributed by atoms with E-state index in [9.17, 15) is 38.4 Å². The van der Waals surface area contributed by atoms with Gasteiger partial charge in [0.15, 0.2) is 0 Å². The third-order valence-electron chi connectivity index (χ3n) is 15.3. The lowest BCUT2D eigenvalue weighted by molar-refractivity contribution is -0.146. The van der Waals surface area contributed by atoms with Gasteiger partial charge in [0.05, 0.1) is 28.2 Å². The molecule has 392 valence electrons. The van der Waals surface area contributed by atoms with E-state index < -0.39 is 64.4 Å². The van der Waals surface area contributed by atoms with Gasteiger partial charge in [-0.2, -0.15) is 0 Å². The maximum Gasteiger partial charge on any atom is 0.249 e. The summed E-state index contributed by atoms with van der Waals surface area (Å²) in [5, 5.41) is 17.3. The van der Waals surface area contributed by atoms with Crippen LogP contribution in [0.2, 0.25) is 0 Å². The van der Waals surface area contributed by atoms with Crippen LogP contribution in [0.4, 0.5) is 0 Å². The minimum Gasteiger partial charge on any atom is -0.353 e. The van der Waals surface area contributed by atoms with Crippen LogP contribution in [0.1, 0.15) is 97.2 Å². The molecule has 0 saturated carbocycles. The maximum absolute atomic E-state index is 14.7. The topological polar surface area (TPSA) is 222 Å². The van der Waals surface area contributed by atoms with Crippen molar-refractivity contribution in [2.24, 2.45) is 10.8 Å². The van der Waals surface area contributed by atoms with E-state index in [2.05, 4.69) is 31.9 Å². The smallest absolute Gasteiger partial charge is 0.249 e. The van der Waals surface area contributed by atoms with Gasteiger partial charge >= 0.3 is 0 Å². The predicted octanol–water partition coefficient (Wildman–Crippen LogP) is 2.17. The van der Waals surface area contributed by atoms with Crippen molar-refractivity contribution in [3.05, 3.63) is 71.8 Å². The number of thioether (sulfide) groups is 2. The van der Waals surface area contributed by atoms with Crippen LogP contribution in [0.3, 0.4) is 0 Å². The molecule has 1 unspecified atom stereocenters. The van der Waals surface area contributed by atoms with Crippen LogP contribution in [-0.4, -0.2) is 172 Å². The Balaban J connectivity index is 1.04. The Bertz CT molecular complexity index is 2350. The molecule has 5 aliphatic heterocycles. The molecule has 5 heterocycles. The van der Waals surface area contributed by atoms with E-state index >= 15 is 0 Å². The molecule has 6 N–H and O–H groups in total. The van der Waals surface area contributed by atoms with Gasteiger partial charge < -0.3 is 51.5 Å². The Morgan fingerprint density at radius 2 is 1.15 bits per heavy atom. The molecule has 0 bridgehead atoms. The number of carbonyl (C=O) groups is 8. The molecule has 5 fully saturated rings. The van der Waals surface area contributed by atoms with Crippen molar-refractivity contribution in [3.8, 4) is 0 Å². The van der Waals surface area contributed by atoms with Crippen LogP contribution >= 0.6 is 23.5 Å². The second-order valence-corrected chi connectivity index (χ2v) is 24.2. The summed E-state index contributed by atoms with van der Waals surface area (Å²) < 4.78 is 0. The zero-order valence-electron chi connectivity index (χ0n) is 43.1. The fourth-order valence-electron chi connectivity index (χ4n) is 10.6. The SMILES string of the molecule is CN[C@@H](C)C(=O)N[C@H]1CCS[C@H]2CC(C)(C)[C@@H](C(=O)NCC(C(=O)N3CCN(C(=O)[C@@H](NC(=O)[C@H]4N5C(=O)[C@@H](NC(=O)C(C)(C)NC)CCS[C@H]5CC4(C)C)c4ccccc4)CC3)c3ccccc3)N2C1=O. The van der Waals surface area contributed by atoms with Gasteiger partial charge in [-0.1, -0.05) is 88.4 Å². The molecule has 0 radical (unpaired) electrons. The van der Waals surface area contributed by atoms with Gasteiger partial charge in [-0.3, -0.25) is 38.4 Å². The first-order valence-corrected chi connectivity index (χ1v) is 27.3. The minimum absolute atomic E-state index is 0.0351. The van der Waals surface area contributed by atoms with E-state index in [1.54, 1.807) is 102 Å². The molecule has 0 aromatic heterocycles. The van der Waals surface area contributed by atoms with Gasteiger partial charge in [0.1, 0.15) is 30.2 Å². The molecule has 2 aromatic carbocycles. The number of carbonyl (C=O) groups excluding carboxylic acids is 8. The van der Waals surface area contributed by atoms with Gasteiger partial charge in [0.25, 0.3) is 0 Å². The molecule has 2 aromatic rings. The second-order valence-electron chi connectivity index (χ2n) is 21.6. The Hall–Kier alpha value is -5.18. The van der Waals surface area contributed by atoms with Crippen molar-refractivity contribution >= 4 is 70.8 Å². The second kappa shape index (κ2) is 22.5. The van der Waals surface area contributed by atoms with Crippen molar-refractivity contribution in [2.75, 3.05) is 58.3 Å². The maximum atomic E-state index is 14.7. The lowest BCUT2D eigenvalue weighted by Gasteiger charge is -2.39. The zero-order chi connectivity index (χ0) is 52.3. The summed E-state index contributed by atoms with van der Waals surface area (Å²) in [6, 6.07) is 13.2. The lowest BCUT2D eigenvalue weighted by Crippen LogP contribution is -2.60. The third kappa shape index (κ3) is 11.6. The highest BCUT2D eigenvalue weighted by Crippen LogP contribution is 2.48. The van der Waals surface area contributed by atoms with Crippen LogP contribution in [0.5, 0.6) is 0 Å². The summed E-state index contributed by atoms with van der Waals surface area (Å²) in [5.41, 5.74) is -0.911. The molecular formula is C52H74N10O8S2. The third-order valence-corrected chi connectivity index (χ3v) is 17.8. The number of fused-ring (bicyclic) bond motifs is 2. The lowest BCUT2D eigenvalue weighted by atomic mass is 9.83. The highest BCUT2D eigenvalue weighted by atomic mass is 32.2. The fourth-order valence-corrected chi connectivity index (χ4v) is 13.8. The Labute approximate surface area is 432 Å². The number of likely N-dealkylation sites (N-methyl/N-ethyl adjacent to an activating group) is 2. The van der Waals surface area contributed by atoms with Crippen LogP contribution < -0.4 is 31.9 Å². The van der Waals surface area contributed by atoms with E-state index in [0.717, 1.165) is 0 Å². The highest BCUT2D eigenvalue weighted by molar-refractivity contribution is 8.00. The molecule has 5 aliphatic rings. The number of amides is 8. The standard InChI is InChI=1S/C52H74N10O8S2/c1-31(53-8)42(63)56-35-20-26-71-37-28-50(2,3)40(61(37)46(35)67)43(64)55-30-34(32-16-12-10-13-17-32)45(66)59-22-24-60(25-23-59)48(69)39(33-18-14-11-15-19-33)58-44(65)41-51(4,5)29-38-62(41)47(68)36(21-27-72-38)57-49(70)52(6,7)54-9/h10-19,31,34-41,53-54H,20-30H2,1-9H3,(H,55,64)(H,56,63)(H,57,70)(H,58,65)/t31-,34?,35-,36-,37-,38-,39-,40+,41+/m0/s1. The van der Waals surface area contributed by atoms with E-state index in [1.807, 2.05) is 64.1 Å². The predicted molar refractivity (Wildman–Crippen MR) is 278 cm³/mol. The number of nitrogens with zero attached hydrogens (tertiary/aromatic N) is 4. The quantitative estimate of drug-likeness (QED) is 0.151. The average molecular weight is 1030 g/mol. The molecule has 5 saturated heterocycles. The number of piperazine rings is 1. The van der Waals surface area contributed by atoms with Crippen molar-refractivity contribution in [1.29, 1.82) is 0 Å². The summed E-state index contributed by atoms with van der Waals surface area (Å²) >= 11 is 3.20. The van der Waals surface area contributed by atoms with Gasteiger partial charge in [-0.15, -0.1) is 23.5 Å². The van der Waals surface area contributed by atoms with Crippen molar-refractivity contribution in [1.82, 2.24) is 51.5 Å². The fraction of sp³-hybridized carbons (Fsp3) is 0.615. The normalized spacial score (nSPS) is 26.2. The van der Waals surface area contributed by atoms with Crippen molar-refractivity contribution in [2.45, 2.75) is 133 Å². The summed E-state index contributed by atoms with van der Waals surface area (Å²) in [6.45, 7) is 13.7. The number of hydrogen-bond donors (Lipinski definition) is 6. The molecule has 8 amide bonds. The largest absolute Gasteiger partial charge is 0.353 e. The molecule has 72 heavy (non-hydrogen) atoms. The van der Waals surface area contributed by atoms with E-state index in [-0.39, 0.29) is 84.8 Å². The Morgan fingerprint density at radius 3 is 1.65 bits per heavy atom. The minimum atomic E-state index is -1.10. The Kier molecular flexibility index (Phi) is 17.1. The van der Waals surface area contributed by atoms with E-state index in [4.69, 9.17) is 0 Å². The molecular weight excluding hydrogens is 957 g/mol. The number of benzene rings is 2. The van der Waals surface area contributed by atoms with Crippen LogP contribution in [0.15, 0.2) is 60.7 Å². The molecule has 9 atom stereocenters. The summed E-state index contributed by atoms with van der Waals surface area (Å²) in [7, 11) is 3.36. The summed E-state index contributed by atoms with van der Waals surface area (Å²) in [5.74, 6) is -2.19. The van der Waals surface area contributed by atoms with Crippen LogP contribution in [-0.2, 0) is 38.4 Å². The first-order chi connectivity index (χ1) is 34.1. The van der Waals surface area contributed by atoms with Crippen LogP contribution in [0, 0.1) is 10.8 Å². The van der Waals surface area contributed by atoms with Gasteiger partial charge in [-0.25, -0.2) is 0 Å². The van der Waals surface area contributed by atoms with Gasteiger partial charge in [-0.05, 0) is 94.0 Å².